The van der Waals surface area contributed by atoms with Crippen LogP contribution in [0.5, 0.6) is 11.5 Å². The Hall–Kier alpha value is -0.700. The van der Waals surface area contributed by atoms with Crippen molar-refractivity contribution in [2.45, 2.75) is 42.8 Å². The van der Waals surface area contributed by atoms with Gasteiger partial charge in [0.05, 0.1) is 14.2 Å². The van der Waals surface area contributed by atoms with Crippen molar-refractivity contribution in [3.8, 4) is 11.5 Å². The molecular formula is C15H21BrO2. The first-order chi connectivity index (χ1) is 8.74. The Morgan fingerprint density at radius 2 is 1.78 bits per heavy atom. The van der Waals surface area contributed by atoms with Crippen LogP contribution in [0.1, 0.15) is 43.6 Å². The Balaban J connectivity index is 2.21. The van der Waals surface area contributed by atoms with Gasteiger partial charge in [-0.05, 0) is 42.9 Å². The van der Waals surface area contributed by atoms with Crippen LogP contribution in [-0.2, 0) is 0 Å². The van der Waals surface area contributed by atoms with Gasteiger partial charge in [-0.2, -0.15) is 0 Å². The zero-order valence-electron chi connectivity index (χ0n) is 11.1. The van der Waals surface area contributed by atoms with Crippen molar-refractivity contribution in [3.05, 3.63) is 23.8 Å². The van der Waals surface area contributed by atoms with Crippen molar-refractivity contribution in [2.75, 3.05) is 14.2 Å². The van der Waals surface area contributed by atoms with Crippen LogP contribution in [0.4, 0.5) is 0 Å². The summed E-state index contributed by atoms with van der Waals surface area (Å²) in [4.78, 5) is 0.651. The number of hydrogen-bond acceptors (Lipinski definition) is 2. The van der Waals surface area contributed by atoms with E-state index in [0.29, 0.717) is 10.7 Å². The van der Waals surface area contributed by atoms with Crippen LogP contribution < -0.4 is 9.47 Å². The highest BCUT2D eigenvalue weighted by Gasteiger charge is 2.20. The molecule has 2 rings (SSSR count). The third-order valence-corrected chi connectivity index (χ3v) is 4.57. The fraction of sp³-hybridized carbons (Fsp3) is 0.600. The third kappa shape index (κ3) is 3.19. The second kappa shape index (κ2) is 6.46. The maximum Gasteiger partial charge on any atom is 0.160 e. The summed E-state index contributed by atoms with van der Waals surface area (Å²) in [5, 5.41) is 0. The normalized spacial score (nSPS) is 24.4. The van der Waals surface area contributed by atoms with Gasteiger partial charge in [0.1, 0.15) is 0 Å². The molecule has 0 heterocycles. The molecule has 0 amide bonds. The van der Waals surface area contributed by atoms with E-state index in [1.165, 1.54) is 37.7 Å². The Morgan fingerprint density at radius 3 is 2.50 bits per heavy atom. The molecule has 0 N–H and O–H groups in total. The lowest BCUT2D eigenvalue weighted by atomic mass is 9.91. The second-order valence-electron chi connectivity index (χ2n) is 4.93. The first-order valence-corrected chi connectivity index (χ1v) is 7.52. The van der Waals surface area contributed by atoms with Crippen LogP contribution >= 0.6 is 15.9 Å². The van der Waals surface area contributed by atoms with Gasteiger partial charge in [0, 0.05) is 4.83 Å². The summed E-state index contributed by atoms with van der Waals surface area (Å²) < 4.78 is 10.7. The van der Waals surface area contributed by atoms with Gasteiger partial charge in [-0.1, -0.05) is 34.8 Å². The minimum atomic E-state index is 0.636. The maximum atomic E-state index is 5.39. The molecule has 100 valence electrons. The van der Waals surface area contributed by atoms with Crippen molar-refractivity contribution in [1.29, 1.82) is 0 Å². The molecule has 2 unspecified atom stereocenters. The smallest absolute Gasteiger partial charge is 0.160 e. The number of benzene rings is 1. The zero-order chi connectivity index (χ0) is 13.0. The van der Waals surface area contributed by atoms with E-state index < -0.39 is 0 Å². The number of rotatable bonds is 3. The van der Waals surface area contributed by atoms with E-state index >= 15 is 0 Å². The predicted octanol–water partition coefficient (Wildman–Crippen LogP) is 4.52. The highest BCUT2D eigenvalue weighted by Crippen LogP contribution is 2.38. The minimum absolute atomic E-state index is 0.636. The van der Waals surface area contributed by atoms with E-state index in [9.17, 15) is 0 Å². The molecule has 1 aromatic rings. The molecule has 0 aromatic heterocycles. The number of methoxy groups -OCH3 is 2. The summed E-state index contributed by atoms with van der Waals surface area (Å²) in [5.41, 5.74) is 1.37. The third-order valence-electron chi connectivity index (χ3n) is 3.74. The number of halogens is 1. The van der Waals surface area contributed by atoms with E-state index in [1.807, 2.05) is 6.07 Å². The van der Waals surface area contributed by atoms with Crippen molar-refractivity contribution in [3.63, 3.8) is 0 Å². The first kappa shape index (κ1) is 13.7. The summed E-state index contributed by atoms with van der Waals surface area (Å²) in [7, 11) is 3.37. The molecule has 2 atom stereocenters. The predicted molar refractivity (Wildman–Crippen MR) is 78.1 cm³/mol. The number of hydrogen-bond donors (Lipinski definition) is 0. The number of ether oxygens (including phenoxy) is 2. The van der Waals surface area contributed by atoms with Gasteiger partial charge in [-0.15, -0.1) is 0 Å². The molecule has 1 aliphatic carbocycles. The Bertz CT molecular complexity index is 392. The summed E-state index contributed by atoms with van der Waals surface area (Å²) >= 11 is 3.78. The molecule has 1 aromatic carbocycles. The molecule has 3 heteroatoms. The molecule has 0 radical (unpaired) electrons. The molecule has 0 saturated heterocycles. The van der Waals surface area contributed by atoms with Crippen LogP contribution in [0.2, 0.25) is 0 Å². The molecule has 0 bridgehead atoms. The Labute approximate surface area is 118 Å². The molecule has 1 saturated carbocycles. The fourth-order valence-corrected chi connectivity index (χ4v) is 3.49. The fourth-order valence-electron chi connectivity index (χ4n) is 2.71. The quantitative estimate of drug-likeness (QED) is 0.603. The molecule has 0 spiro atoms. The largest absolute Gasteiger partial charge is 0.493 e. The standard InChI is InChI=1S/C15H21BrO2/c1-17-14-8-7-12(10-15(14)18-2)11-5-3-4-6-13(16)9-11/h7-8,10-11,13H,3-6,9H2,1-2H3. The van der Waals surface area contributed by atoms with Gasteiger partial charge in [0.25, 0.3) is 0 Å². The summed E-state index contributed by atoms with van der Waals surface area (Å²) in [6.45, 7) is 0. The highest BCUT2D eigenvalue weighted by atomic mass is 79.9. The van der Waals surface area contributed by atoms with Crippen molar-refractivity contribution in [1.82, 2.24) is 0 Å². The molecule has 1 aliphatic rings. The second-order valence-corrected chi connectivity index (χ2v) is 6.22. The molecule has 0 aliphatic heterocycles. The zero-order valence-corrected chi connectivity index (χ0v) is 12.7. The van der Waals surface area contributed by atoms with Gasteiger partial charge in [-0.25, -0.2) is 0 Å². The molecular weight excluding hydrogens is 292 g/mol. The Kier molecular flexibility index (Phi) is 4.93. The summed E-state index contributed by atoms with van der Waals surface area (Å²) in [5.74, 6) is 2.28. The van der Waals surface area contributed by atoms with Crippen LogP contribution in [0, 0.1) is 0 Å². The topological polar surface area (TPSA) is 18.5 Å². The van der Waals surface area contributed by atoms with E-state index in [0.717, 1.165) is 11.5 Å². The lowest BCUT2D eigenvalue weighted by Gasteiger charge is -2.18. The van der Waals surface area contributed by atoms with Crippen LogP contribution in [0.25, 0.3) is 0 Å². The van der Waals surface area contributed by atoms with Gasteiger partial charge >= 0.3 is 0 Å². The van der Waals surface area contributed by atoms with Gasteiger partial charge < -0.3 is 9.47 Å². The average molecular weight is 313 g/mol. The van der Waals surface area contributed by atoms with Gasteiger partial charge in [0.15, 0.2) is 11.5 Å². The van der Waals surface area contributed by atoms with Crippen molar-refractivity contribution >= 4 is 15.9 Å². The monoisotopic (exact) mass is 312 g/mol. The van der Waals surface area contributed by atoms with Crippen LogP contribution in [0.3, 0.4) is 0 Å². The molecule has 1 fully saturated rings. The van der Waals surface area contributed by atoms with Crippen LogP contribution in [-0.4, -0.2) is 19.0 Å². The highest BCUT2D eigenvalue weighted by molar-refractivity contribution is 9.09. The van der Waals surface area contributed by atoms with E-state index in [1.54, 1.807) is 14.2 Å². The maximum absolute atomic E-state index is 5.39. The number of alkyl halides is 1. The van der Waals surface area contributed by atoms with Crippen molar-refractivity contribution in [2.24, 2.45) is 0 Å². The molecule has 18 heavy (non-hydrogen) atoms. The summed E-state index contributed by atoms with van der Waals surface area (Å²) in [6, 6.07) is 6.33. The van der Waals surface area contributed by atoms with Crippen LogP contribution in [0.15, 0.2) is 18.2 Å². The lowest BCUT2D eigenvalue weighted by Crippen LogP contribution is -2.04. The first-order valence-electron chi connectivity index (χ1n) is 6.60. The SMILES string of the molecule is COc1ccc(C2CCCCC(Br)C2)cc1OC. The van der Waals surface area contributed by atoms with E-state index in [4.69, 9.17) is 9.47 Å². The minimum Gasteiger partial charge on any atom is -0.493 e. The summed E-state index contributed by atoms with van der Waals surface area (Å²) in [6.07, 6.45) is 6.44. The van der Waals surface area contributed by atoms with Gasteiger partial charge in [0.2, 0.25) is 0 Å². The van der Waals surface area contributed by atoms with Crippen molar-refractivity contribution < 1.29 is 9.47 Å². The average Bonchev–Trinajstić information content (AvgIpc) is 2.62. The van der Waals surface area contributed by atoms with E-state index in [-0.39, 0.29) is 0 Å². The lowest BCUT2D eigenvalue weighted by molar-refractivity contribution is 0.354. The van der Waals surface area contributed by atoms with Gasteiger partial charge in [-0.3, -0.25) is 0 Å². The van der Waals surface area contributed by atoms with E-state index in [2.05, 4.69) is 28.1 Å². The molecule has 2 nitrogen and oxygen atoms in total. The Morgan fingerprint density at radius 1 is 1.06 bits per heavy atom.